The van der Waals surface area contributed by atoms with Crippen LogP contribution in [0.2, 0.25) is 0 Å². The normalized spacial score (nSPS) is 30.1. The van der Waals surface area contributed by atoms with Crippen molar-refractivity contribution in [2.45, 2.75) is 40.0 Å². The Labute approximate surface area is 91.7 Å². The second-order valence-electron chi connectivity index (χ2n) is 5.22. The summed E-state index contributed by atoms with van der Waals surface area (Å²) in [5, 5.41) is 0. The minimum Gasteiger partial charge on any atom is -0.324 e. The van der Waals surface area contributed by atoms with Crippen molar-refractivity contribution in [3.8, 4) is 0 Å². The average Bonchev–Trinajstić information content (AvgIpc) is 2.56. The topological polar surface area (TPSA) is 57.5 Å². The highest BCUT2D eigenvalue weighted by Gasteiger charge is 2.51. The minimum atomic E-state index is -3.81. The fraction of sp³-hybridized carbons (Fsp3) is 0.818. The molecular formula is C11H21O3P. The molecule has 2 N–H and O–H groups in total. The quantitative estimate of drug-likeness (QED) is 0.566. The lowest BCUT2D eigenvalue weighted by Gasteiger charge is -2.10. The van der Waals surface area contributed by atoms with Crippen LogP contribution in [0.4, 0.5) is 0 Å². The van der Waals surface area contributed by atoms with E-state index in [2.05, 4.69) is 26.8 Å². The fourth-order valence-electron chi connectivity index (χ4n) is 2.07. The summed E-state index contributed by atoms with van der Waals surface area (Å²) in [6, 6.07) is 0. The monoisotopic (exact) mass is 232 g/mol. The van der Waals surface area contributed by atoms with Gasteiger partial charge in [0.05, 0.1) is 6.16 Å². The molecule has 1 rings (SSSR count). The summed E-state index contributed by atoms with van der Waals surface area (Å²) < 4.78 is 10.8. The van der Waals surface area contributed by atoms with Crippen molar-refractivity contribution in [2.75, 3.05) is 6.16 Å². The molecule has 1 saturated carbocycles. The first-order valence-electron chi connectivity index (χ1n) is 5.41. The molecule has 3 nitrogen and oxygen atoms in total. The van der Waals surface area contributed by atoms with Gasteiger partial charge in [0.2, 0.25) is 0 Å². The summed E-state index contributed by atoms with van der Waals surface area (Å²) in [4.78, 5) is 17.7. The van der Waals surface area contributed by atoms with E-state index in [4.69, 9.17) is 9.79 Å². The van der Waals surface area contributed by atoms with Crippen LogP contribution in [0.1, 0.15) is 40.0 Å². The molecule has 0 spiro atoms. The number of rotatable bonds is 5. The first-order valence-corrected chi connectivity index (χ1v) is 7.21. The molecule has 0 aromatic carbocycles. The van der Waals surface area contributed by atoms with E-state index in [-0.39, 0.29) is 17.5 Å². The van der Waals surface area contributed by atoms with Crippen molar-refractivity contribution in [1.29, 1.82) is 0 Å². The minimum absolute atomic E-state index is 0.0678. The summed E-state index contributed by atoms with van der Waals surface area (Å²) in [5.74, 6) is 0.226. The molecule has 0 saturated heterocycles. The Morgan fingerprint density at radius 2 is 2.13 bits per heavy atom. The molecule has 1 aliphatic carbocycles. The standard InChI is InChI=1S/C11H21O3P/c1-9(2)5-4-6-11(3)7-10(11)8-15(12,13)14/h5,10H,4,6-8H2,1-3H3,(H2,12,13,14). The van der Waals surface area contributed by atoms with E-state index in [0.717, 1.165) is 19.3 Å². The van der Waals surface area contributed by atoms with Gasteiger partial charge in [-0.2, -0.15) is 0 Å². The van der Waals surface area contributed by atoms with E-state index in [9.17, 15) is 4.57 Å². The van der Waals surface area contributed by atoms with Crippen LogP contribution in [0, 0.1) is 11.3 Å². The van der Waals surface area contributed by atoms with Crippen molar-refractivity contribution >= 4 is 7.60 Å². The molecule has 0 aliphatic heterocycles. The predicted octanol–water partition coefficient (Wildman–Crippen LogP) is 2.94. The number of allylic oxidation sites excluding steroid dienone is 2. The first-order chi connectivity index (χ1) is 6.73. The fourth-order valence-corrected chi connectivity index (χ4v) is 3.22. The summed E-state index contributed by atoms with van der Waals surface area (Å²) in [6.45, 7) is 6.27. The van der Waals surface area contributed by atoms with Gasteiger partial charge in [-0.25, -0.2) is 0 Å². The van der Waals surface area contributed by atoms with Gasteiger partial charge in [0.15, 0.2) is 0 Å². The van der Waals surface area contributed by atoms with Crippen molar-refractivity contribution in [2.24, 2.45) is 11.3 Å². The van der Waals surface area contributed by atoms with E-state index in [1.807, 2.05) is 0 Å². The summed E-state index contributed by atoms with van der Waals surface area (Å²) >= 11 is 0. The highest BCUT2D eigenvalue weighted by molar-refractivity contribution is 7.51. The number of hydrogen-bond donors (Lipinski definition) is 2. The molecule has 1 fully saturated rings. The van der Waals surface area contributed by atoms with Crippen LogP contribution in [-0.2, 0) is 4.57 Å². The zero-order valence-electron chi connectivity index (χ0n) is 9.73. The summed E-state index contributed by atoms with van der Waals surface area (Å²) in [6.07, 6.45) is 5.30. The second-order valence-corrected chi connectivity index (χ2v) is 6.92. The molecule has 2 unspecified atom stereocenters. The van der Waals surface area contributed by atoms with E-state index in [1.54, 1.807) is 0 Å². The molecule has 1 aliphatic rings. The lowest BCUT2D eigenvalue weighted by molar-refractivity contribution is 0.363. The SMILES string of the molecule is CC(C)=CCCC1(C)CC1CP(=O)(O)O. The molecule has 0 aromatic rings. The highest BCUT2D eigenvalue weighted by Crippen LogP contribution is 2.60. The van der Waals surface area contributed by atoms with Gasteiger partial charge in [-0.3, -0.25) is 4.57 Å². The molecule has 88 valence electrons. The van der Waals surface area contributed by atoms with Crippen molar-refractivity contribution in [3.05, 3.63) is 11.6 Å². The van der Waals surface area contributed by atoms with E-state index in [0.29, 0.717) is 0 Å². The first kappa shape index (κ1) is 13.0. The van der Waals surface area contributed by atoms with Crippen molar-refractivity contribution < 1.29 is 14.4 Å². The van der Waals surface area contributed by atoms with Crippen LogP contribution >= 0.6 is 7.60 Å². The van der Waals surface area contributed by atoms with E-state index in [1.165, 1.54) is 5.57 Å². The van der Waals surface area contributed by atoms with E-state index < -0.39 is 7.60 Å². The molecule has 0 amide bonds. The third-order valence-corrected chi connectivity index (χ3v) is 4.18. The third kappa shape index (κ3) is 4.50. The molecule has 2 atom stereocenters. The van der Waals surface area contributed by atoms with Crippen LogP contribution in [0.5, 0.6) is 0 Å². The average molecular weight is 232 g/mol. The van der Waals surface area contributed by atoms with Crippen LogP contribution in [0.15, 0.2) is 11.6 Å². The molecule has 0 radical (unpaired) electrons. The maximum Gasteiger partial charge on any atom is 0.325 e. The van der Waals surface area contributed by atoms with Crippen molar-refractivity contribution in [3.63, 3.8) is 0 Å². The van der Waals surface area contributed by atoms with Crippen LogP contribution in [0.25, 0.3) is 0 Å². The molecule has 15 heavy (non-hydrogen) atoms. The van der Waals surface area contributed by atoms with Crippen LogP contribution < -0.4 is 0 Å². The molecule has 0 bridgehead atoms. The lowest BCUT2D eigenvalue weighted by atomic mass is 9.99. The zero-order valence-corrected chi connectivity index (χ0v) is 10.6. The summed E-state index contributed by atoms with van der Waals surface area (Å²) in [7, 11) is -3.81. The van der Waals surface area contributed by atoms with Gasteiger partial charge in [-0.05, 0) is 44.4 Å². The molecular weight excluding hydrogens is 211 g/mol. The summed E-state index contributed by atoms with van der Waals surface area (Å²) in [5.41, 5.74) is 1.48. The van der Waals surface area contributed by atoms with E-state index >= 15 is 0 Å². The predicted molar refractivity (Wildman–Crippen MR) is 61.8 cm³/mol. The molecule has 0 heterocycles. The Balaban J connectivity index is 2.33. The van der Waals surface area contributed by atoms with Gasteiger partial charge in [-0.1, -0.05) is 18.6 Å². The van der Waals surface area contributed by atoms with Crippen LogP contribution in [0.3, 0.4) is 0 Å². The lowest BCUT2D eigenvalue weighted by Crippen LogP contribution is -2.01. The highest BCUT2D eigenvalue weighted by atomic mass is 31.2. The number of hydrogen-bond acceptors (Lipinski definition) is 1. The smallest absolute Gasteiger partial charge is 0.324 e. The van der Waals surface area contributed by atoms with Gasteiger partial charge < -0.3 is 9.79 Å². The van der Waals surface area contributed by atoms with Gasteiger partial charge in [-0.15, -0.1) is 0 Å². The van der Waals surface area contributed by atoms with Gasteiger partial charge in [0, 0.05) is 0 Å². The van der Waals surface area contributed by atoms with Gasteiger partial charge >= 0.3 is 7.60 Å². The van der Waals surface area contributed by atoms with Gasteiger partial charge in [0.25, 0.3) is 0 Å². The maximum absolute atomic E-state index is 10.8. The Morgan fingerprint density at radius 1 is 1.53 bits per heavy atom. The Bertz CT molecular complexity index is 301. The Morgan fingerprint density at radius 3 is 2.60 bits per heavy atom. The maximum atomic E-state index is 10.8. The Hall–Kier alpha value is -0.110. The largest absolute Gasteiger partial charge is 0.325 e. The third-order valence-electron chi connectivity index (χ3n) is 3.26. The molecule has 0 aromatic heterocycles. The molecule has 4 heteroatoms. The zero-order chi connectivity index (χ0) is 11.7. The van der Waals surface area contributed by atoms with Crippen LogP contribution in [-0.4, -0.2) is 15.9 Å². The van der Waals surface area contributed by atoms with Crippen molar-refractivity contribution in [1.82, 2.24) is 0 Å². The Kier molecular flexibility index (Phi) is 3.80. The second kappa shape index (κ2) is 4.40. The van der Waals surface area contributed by atoms with Gasteiger partial charge in [0.1, 0.15) is 0 Å².